The van der Waals surface area contributed by atoms with E-state index in [1.807, 2.05) is 32.0 Å². The number of nitrogen functional groups attached to an aromatic ring is 1. The molecule has 0 atom stereocenters. The van der Waals surface area contributed by atoms with Crippen molar-refractivity contribution in [2.45, 2.75) is 13.8 Å². The second kappa shape index (κ2) is 4.84. The first-order valence-electron chi connectivity index (χ1n) is 5.50. The number of amides is 1. The van der Waals surface area contributed by atoms with Crippen molar-refractivity contribution < 1.29 is 4.79 Å². The molecule has 5 heteroatoms. The maximum atomic E-state index is 11.4. The molecule has 1 aromatic carbocycles. The number of rotatable bonds is 2. The van der Waals surface area contributed by atoms with E-state index in [2.05, 4.69) is 9.99 Å². The molecule has 0 bridgehead atoms. The van der Waals surface area contributed by atoms with Crippen LogP contribution >= 0.6 is 11.6 Å². The van der Waals surface area contributed by atoms with Gasteiger partial charge >= 0.3 is 0 Å². The molecular formula is C13H14ClN3O. The first-order chi connectivity index (χ1) is 8.54. The minimum Gasteiger partial charge on any atom is -0.318 e. The summed E-state index contributed by atoms with van der Waals surface area (Å²) in [6, 6.07) is 9.33. The Labute approximate surface area is 110 Å². The average Bonchev–Trinajstić information content (AvgIpc) is 2.68. The monoisotopic (exact) mass is 263 g/mol. The number of carbonyl (C=O) groups excluding carboxylic acids is 1. The Morgan fingerprint density at radius 3 is 2.33 bits per heavy atom. The van der Waals surface area contributed by atoms with Gasteiger partial charge in [0.1, 0.15) is 0 Å². The molecular weight excluding hydrogens is 250 g/mol. The zero-order valence-electron chi connectivity index (χ0n) is 10.2. The Balaban J connectivity index is 2.50. The average molecular weight is 264 g/mol. The highest BCUT2D eigenvalue weighted by molar-refractivity contribution is 6.34. The Morgan fingerprint density at radius 1 is 1.22 bits per heavy atom. The lowest BCUT2D eigenvalue weighted by Crippen LogP contribution is -2.30. The second-order valence-electron chi connectivity index (χ2n) is 4.09. The Hall–Kier alpha value is -1.78. The van der Waals surface area contributed by atoms with E-state index in [0.717, 1.165) is 17.1 Å². The highest BCUT2D eigenvalue weighted by Crippen LogP contribution is 2.23. The molecule has 18 heavy (non-hydrogen) atoms. The summed E-state index contributed by atoms with van der Waals surface area (Å²) in [6.45, 7) is 4.03. The standard InChI is InChI=1S/C13H14ClN3O/c1-8-3-4-9(2)17(8)10-5-6-11(12(14)7-10)13(18)16-15/h3-7H,15H2,1-2H3,(H,16,18). The number of nitrogens with zero attached hydrogens (tertiary/aromatic N) is 1. The Morgan fingerprint density at radius 2 is 1.83 bits per heavy atom. The fraction of sp³-hybridized carbons (Fsp3) is 0.154. The maximum absolute atomic E-state index is 11.4. The predicted molar refractivity (Wildman–Crippen MR) is 71.9 cm³/mol. The summed E-state index contributed by atoms with van der Waals surface area (Å²) in [6.07, 6.45) is 0. The van der Waals surface area contributed by atoms with Gasteiger partial charge in [0.2, 0.25) is 0 Å². The zero-order chi connectivity index (χ0) is 13.3. The van der Waals surface area contributed by atoms with Crippen LogP contribution in [0.4, 0.5) is 0 Å². The molecule has 0 radical (unpaired) electrons. The normalized spacial score (nSPS) is 10.4. The Kier molecular flexibility index (Phi) is 3.41. The first kappa shape index (κ1) is 12.7. The highest BCUT2D eigenvalue weighted by Gasteiger charge is 2.11. The van der Waals surface area contributed by atoms with Crippen LogP contribution < -0.4 is 11.3 Å². The van der Waals surface area contributed by atoms with E-state index in [9.17, 15) is 4.79 Å². The van der Waals surface area contributed by atoms with Gasteiger partial charge in [-0.2, -0.15) is 0 Å². The first-order valence-corrected chi connectivity index (χ1v) is 5.88. The molecule has 0 spiro atoms. The number of nitrogens with two attached hydrogens (primary N) is 1. The van der Waals surface area contributed by atoms with Gasteiger partial charge in [-0.3, -0.25) is 10.2 Å². The highest BCUT2D eigenvalue weighted by atomic mass is 35.5. The molecule has 0 aliphatic rings. The fourth-order valence-electron chi connectivity index (χ4n) is 1.98. The Bertz CT molecular complexity index is 585. The molecule has 3 N–H and O–H groups in total. The van der Waals surface area contributed by atoms with Gasteiger partial charge in [-0.25, -0.2) is 5.84 Å². The van der Waals surface area contributed by atoms with Crippen molar-refractivity contribution in [1.82, 2.24) is 9.99 Å². The number of nitrogens with one attached hydrogen (secondary N) is 1. The van der Waals surface area contributed by atoms with Crippen molar-refractivity contribution in [2.24, 2.45) is 5.84 Å². The molecule has 0 aliphatic carbocycles. The van der Waals surface area contributed by atoms with E-state index in [-0.39, 0.29) is 0 Å². The lowest BCUT2D eigenvalue weighted by molar-refractivity contribution is 0.0954. The van der Waals surface area contributed by atoms with Gasteiger partial charge in [-0.05, 0) is 44.2 Å². The van der Waals surface area contributed by atoms with Gasteiger partial charge in [0.25, 0.3) is 5.91 Å². The third-order valence-electron chi connectivity index (χ3n) is 2.86. The van der Waals surface area contributed by atoms with E-state index in [1.165, 1.54) is 0 Å². The van der Waals surface area contributed by atoms with Crippen molar-refractivity contribution in [3.8, 4) is 5.69 Å². The number of carbonyl (C=O) groups is 1. The third kappa shape index (κ3) is 2.12. The summed E-state index contributed by atoms with van der Waals surface area (Å²) >= 11 is 6.09. The summed E-state index contributed by atoms with van der Waals surface area (Å²) < 4.78 is 2.07. The molecule has 0 saturated heterocycles. The molecule has 2 aromatic rings. The molecule has 2 rings (SSSR count). The van der Waals surface area contributed by atoms with E-state index in [4.69, 9.17) is 17.4 Å². The minimum atomic E-state index is -0.396. The van der Waals surface area contributed by atoms with Crippen LogP contribution in [-0.4, -0.2) is 10.5 Å². The molecule has 0 saturated carbocycles. The summed E-state index contributed by atoms with van der Waals surface area (Å²) in [5, 5.41) is 0.378. The molecule has 1 heterocycles. The topological polar surface area (TPSA) is 60.0 Å². The van der Waals surface area contributed by atoms with E-state index < -0.39 is 5.91 Å². The quantitative estimate of drug-likeness (QED) is 0.496. The fourth-order valence-corrected chi connectivity index (χ4v) is 2.24. The third-order valence-corrected chi connectivity index (χ3v) is 3.17. The summed E-state index contributed by atoms with van der Waals surface area (Å²) in [5.41, 5.74) is 5.58. The van der Waals surface area contributed by atoms with Crippen LogP contribution in [0.25, 0.3) is 5.69 Å². The smallest absolute Gasteiger partial charge is 0.266 e. The van der Waals surface area contributed by atoms with Gasteiger partial charge in [0.15, 0.2) is 0 Å². The number of aryl methyl sites for hydroxylation is 2. The van der Waals surface area contributed by atoms with E-state index in [0.29, 0.717) is 10.6 Å². The summed E-state index contributed by atoms with van der Waals surface area (Å²) in [7, 11) is 0. The van der Waals surface area contributed by atoms with Gasteiger partial charge in [0.05, 0.1) is 10.6 Å². The van der Waals surface area contributed by atoms with E-state index >= 15 is 0 Å². The zero-order valence-corrected chi connectivity index (χ0v) is 11.0. The van der Waals surface area contributed by atoms with Gasteiger partial charge in [0, 0.05) is 17.1 Å². The van der Waals surface area contributed by atoms with Crippen LogP contribution in [0, 0.1) is 13.8 Å². The van der Waals surface area contributed by atoms with Gasteiger partial charge in [-0.15, -0.1) is 0 Å². The number of halogens is 1. The van der Waals surface area contributed by atoms with Gasteiger partial charge in [-0.1, -0.05) is 11.6 Å². The predicted octanol–water partition coefficient (Wildman–Crippen LogP) is 2.35. The summed E-state index contributed by atoms with van der Waals surface area (Å²) in [4.78, 5) is 11.4. The minimum absolute atomic E-state index is 0.366. The lowest BCUT2D eigenvalue weighted by Gasteiger charge is -2.11. The second-order valence-corrected chi connectivity index (χ2v) is 4.50. The van der Waals surface area contributed by atoms with Crippen molar-refractivity contribution in [3.05, 3.63) is 52.3 Å². The molecule has 0 fully saturated rings. The number of hydrogen-bond donors (Lipinski definition) is 2. The van der Waals surface area contributed by atoms with Crippen LogP contribution in [-0.2, 0) is 0 Å². The van der Waals surface area contributed by atoms with Crippen LogP contribution in [0.15, 0.2) is 30.3 Å². The molecule has 1 aromatic heterocycles. The number of hydrazine groups is 1. The molecule has 1 amide bonds. The van der Waals surface area contributed by atoms with Crippen molar-refractivity contribution >= 4 is 17.5 Å². The lowest BCUT2D eigenvalue weighted by atomic mass is 10.2. The van der Waals surface area contributed by atoms with E-state index in [1.54, 1.807) is 12.1 Å². The number of aromatic nitrogens is 1. The van der Waals surface area contributed by atoms with Crippen molar-refractivity contribution in [3.63, 3.8) is 0 Å². The number of benzene rings is 1. The van der Waals surface area contributed by atoms with Crippen LogP contribution in [0.1, 0.15) is 21.7 Å². The largest absolute Gasteiger partial charge is 0.318 e. The molecule has 0 aliphatic heterocycles. The summed E-state index contributed by atoms with van der Waals surface area (Å²) in [5.74, 6) is 4.69. The number of hydrogen-bond acceptors (Lipinski definition) is 2. The van der Waals surface area contributed by atoms with Crippen LogP contribution in [0.5, 0.6) is 0 Å². The molecule has 94 valence electrons. The van der Waals surface area contributed by atoms with Crippen LogP contribution in [0.2, 0.25) is 5.02 Å². The van der Waals surface area contributed by atoms with Crippen molar-refractivity contribution in [1.29, 1.82) is 0 Å². The molecule has 4 nitrogen and oxygen atoms in total. The maximum Gasteiger partial charge on any atom is 0.266 e. The SMILES string of the molecule is Cc1ccc(C)n1-c1ccc(C(=O)NN)c(Cl)c1. The van der Waals surface area contributed by atoms with Crippen LogP contribution in [0.3, 0.4) is 0 Å². The van der Waals surface area contributed by atoms with Crippen molar-refractivity contribution in [2.75, 3.05) is 0 Å². The molecule has 0 unspecified atom stereocenters. The van der Waals surface area contributed by atoms with Gasteiger partial charge < -0.3 is 4.57 Å².